The van der Waals surface area contributed by atoms with E-state index in [1.54, 1.807) is 0 Å². The van der Waals surface area contributed by atoms with Gasteiger partial charge in [-0.3, -0.25) is 4.79 Å². The summed E-state index contributed by atoms with van der Waals surface area (Å²) >= 11 is 0. The Morgan fingerprint density at radius 3 is 2.10 bits per heavy atom. The molecular weight excluding hydrogens is 268 g/mol. The largest absolute Gasteiger partial charge is 0.481 e. The van der Waals surface area contributed by atoms with Crippen LogP contribution in [0.4, 0.5) is 4.79 Å². The van der Waals surface area contributed by atoms with Crippen molar-refractivity contribution in [1.29, 1.82) is 0 Å². The second-order valence-electron chi connectivity index (χ2n) is 7.56. The molecule has 0 fully saturated rings. The monoisotopic (exact) mass is 300 g/mol. The Kier molecular flexibility index (Phi) is 7.75. The highest BCUT2D eigenvalue weighted by atomic mass is 16.4. The van der Waals surface area contributed by atoms with Gasteiger partial charge in [-0.15, -0.1) is 0 Å². The topological polar surface area (TPSA) is 78.4 Å². The number of amides is 2. The van der Waals surface area contributed by atoms with E-state index in [0.717, 1.165) is 6.42 Å². The van der Waals surface area contributed by atoms with Gasteiger partial charge in [0, 0.05) is 19.5 Å². The van der Waals surface area contributed by atoms with Crippen molar-refractivity contribution in [3.8, 4) is 0 Å². The highest BCUT2D eigenvalue weighted by molar-refractivity contribution is 5.73. The van der Waals surface area contributed by atoms with Crippen molar-refractivity contribution in [3.05, 3.63) is 0 Å². The van der Waals surface area contributed by atoms with Crippen molar-refractivity contribution in [3.63, 3.8) is 0 Å². The molecule has 0 spiro atoms. The van der Waals surface area contributed by atoms with Crippen molar-refractivity contribution < 1.29 is 14.7 Å². The number of carboxylic acids is 1. The van der Waals surface area contributed by atoms with Gasteiger partial charge in [0.25, 0.3) is 0 Å². The Bertz CT molecular complexity index is 349. The van der Waals surface area contributed by atoms with E-state index in [4.69, 9.17) is 5.11 Å². The molecule has 0 aliphatic rings. The van der Waals surface area contributed by atoms with Gasteiger partial charge in [0.05, 0.1) is 0 Å². The Morgan fingerprint density at radius 1 is 1.05 bits per heavy atom. The molecule has 0 saturated heterocycles. The van der Waals surface area contributed by atoms with E-state index in [2.05, 4.69) is 38.3 Å². The first-order valence-corrected chi connectivity index (χ1v) is 7.70. The van der Waals surface area contributed by atoms with Crippen LogP contribution in [0.15, 0.2) is 0 Å². The van der Waals surface area contributed by atoms with Crippen LogP contribution in [0, 0.1) is 16.7 Å². The maximum absolute atomic E-state index is 11.7. The molecule has 0 atom stereocenters. The van der Waals surface area contributed by atoms with Crippen molar-refractivity contribution in [1.82, 2.24) is 10.6 Å². The van der Waals surface area contributed by atoms with Crippen LogP contribution in [-0.2, 0) is 4.79 Å². The highest BCUT2D eigenvalue weighted by Crippen LogP contribution is 2.26. The lowest BCUT2D eigenvalue weighted by molar-refractivity contribution is -0.137. The van der Waals surface area contributed by atoms with Crippen molar-refractivity contribution >= 4 is 12.0 Å². The van der Waals surface area contributed by atoms with Crippen LogP contribution in [0.1, 0.15) is 60.8 Å². The lowest BCUT2D eigenvalue weighted by Crippen LogP contribution is -2.43. The molecule has 0 aliphatic carbocycles. The molecule has 0 saturated carbocycles. The number of hydrogen-bond donors (Lipinski definition) is 3. The average molecular weight is 300 g/mol. The van der Waals surface area contributed by atoms with Gasteiger partial charge in [-0.25, -0.2) is 4.79 Å². The highest BCUT2D eigenvalue weighted by Gasteiger charge is 2.23. The predicted octanol–water partition coefficient (Wildman–Crippen LogP) is 3.25. The minimum absolute atomic E-state index is 0.0676. The molecule has 0 unspecified atom stereocenters. The van der Waals surface area contributed by atoms with Gasteiger partial charge in [-0.1, -0.05) is 41.5 Å². The molecule has 0 bridgehead atoms. The van der Waals surface area contributed by atoms with E-state index in [-0.39, 0.29) is 23.3 Å². The lowest BCUT2D eigenvalue weighted by Gasteiger charge is -2.29. The third-order valence-corrected chi connectivity index (χ3v) is 4.37. The fourth-order valence-electron chi connectivity index (χ4n) is 1.66. The van der Waals surface area contributed by atoms with Gasteiger partial charge in [-0.05, 0) is 29.6 Å². The summed E-state index contributed by atoms with van der Waals surface area (Å²) in [5, 5.41) is 14.4. The Balaban J connectivity index is 3.96. The number of aliphatic carboxylic acids is 1. The number of nitrogens with one attached hydrogen (secondary N) is 2. The first kappa shape index (κ1) is 19.7. The molecule has 2 amide bonds. The molecule has 0 radical (unpaired) electrons. The van der Waals surface area contributed by atoms with Crippen molar-refractivity contribution in [2.45, 2.75) is 60.8 Å². The van der Waals surface area contributed by atoms with E-state index in [1.807, 2.05) is 13.8 Å². The van der Waals surface area contributed by atoms with Crippen molar-refractivity contribution in [2.24, 2.45) is 16.7 Å². The lowest BCUT2D eigenvalue weighted by atomic mass is 9.81. The summed E-state index contributed by atoms with van der Waals surface area (Å²) in [6, 6.07) is -0.155. The zero-order chi connectivity index (χ0) is 16.7. The maximum atomic E-state index is 11.7. The fourth-order valence-corrected chi connectivity index (χ4v) is 1.66. The second-order valence-corrected chi connectivity index (χ2v) is 7.56. The van der Waals surface area contributed by atoms with Gasteiger partial charge in [0.15, 0.2) is 0 Å². The first-order valence-electron chi connectivity index (χ1n) is 7.70. The summed E-state index contributed by atoms with van der Waals surface area (Å²) < 4.78 is 0. The number of rotatable bonds is 9. The molecule has 0 aromatic rings. The van der Waals surface area contributed by atoms with Crippen LogP contribution in [0.3, 0.4) is 0 Å². The molecule has 0 heterocycles. The molecule has 0 aromatic heterocycles. The average Bonchev–Trinajstić information content (AvgIpc) is 2.34. The summed E-state index contributed by atoms with van der Waals surface area (Å²) in [7, 11) is 0. The third-order valence-electron chi connectivity index (χ3n) is 4.37. The molecule has 124 valence electrons. The normalized spacial score (nSPS) is 12.3. The molecule has 0 aromatic carbocycles. The molecule has 0 aliphatic heterocycles. The summed E-state index contributed by atoms with van der Waals surface area (Å²) in [4.78, 5) is 22.3. The summed E-state index contributed by atoms with van der Waals surface area (Å²) in [5.41, 5.74) is -0.0129. The van der Waals surface area contributed by atoms with E-state index < -0.39 is 5.97 Å². The fraction of sp³-hybridized carbons (Fsp3) is 0.875. The predicted molar refractivity (Wildman–Crippen MR) is 85.3 cm³/mol. The van der Waals surface area contributed by atoms with Gasteiger partial charge in [0.1, 0.15) is 0 Å². The first-order chi connectivity index (χ1) is 9.46. The van der Waals surface area contributed by atoms with E-state index >= 15 is 0 Å². The zero-order valence-corrected chi connectivity index (χ0v) is 14.4. The van der Waals surface area contributed by atoms with E-state index in [0.29, 0.717) is 25.4 Å². The summed E-state index contributed by atoms with van der Waals surface area (Å²) in [5.74, 6) is -0.280. The third kappa shape index (κ3) is 9.32. The number of urea groups is 1. The molecule has 5 heteroatoms. The van der Waals surface area contributed by atoms with E-state index in [1.165, 1.54) is 0 Å². The van der Waals surface area contributed by atoms with Crippen LogP contribution in [0.25, 0.3) is 0 Å². The van der Waals surface area contributed by atoms with Gasteiger partial charge >= 0.3 is 12.0 Å². The van der Waals surface area contributed by atoms with Gasteiger partial charge in [-0.2, -0.15) is 0 Å². The SMILES string of the molecule is CC(C)C(C)(C)CNC(=O)NCCC(C)(C)CCC(=O)O. The zero-order valence-electron chi connectivity index (χ0n) is 14.4. The number of carbonyl (C=O) groups excluding carboxylic acids is 1. The molecule has 5 nitrogen and oxygen atoms in total. The Morgan fingerprint density at radius 2 is 1.62 bits per heavy atom. The number of carboxylic acid groups (broad SMARTS) is 1. The smallest absolute Gasteiger partial charge is 0.314 e. The number of carbonyl (C=O) groups is 2. The molecular formula is C16H32N2O3. The van der Waals surface area contributed by atoms with Crippen LogP contribution in [-0.4, -0.2) is 30.2 Å². The van der Waals surface area contributed by atoms with Crippen LogP contribution in [0.5, 0.6) is 0 Å². The minimum Gasteiger partial charge on any atom is -0.481 e. The van der Waals surface area contributed by atoms with Crippen LogP contribution in [0.2, 0.25) is 0 Å². The number of hydrogen-bond acceptors (Lipinski definition) is 2. The Hall–Kier alpha value is -1.26. The Labute approximate surface area is 128 Å². The molecule has 21 heavy (non-hydrogen) atoms. The quantitative estimate of drug-likeness (QED) is 0.611. The van der Waals surface area contributed by atoms with E-state index in [9.17, 15) is 9.59 Å². The van der Waals surface area contributed by atoms with Gasteiger partial charge < -0.3 is 15.7 Å². The standard InChI is InChI=1S/C16H32N2O3/c1-12(2)16(5,6)11-18-14(21)17-10-9-15(3,4)8-7-13(19)20/h12H,7-11H2,1-6H3,(H,19,20)(H2,17,18,21). The second kappa shape index (κ2) is 8.25. The summed E-state index contributed by atoms with van der Waals surface area (Å²) in [6.45, 7) is 13.8. The molecule has 0 rings (SSSR count). The van der Waals surface area contributed by atoms with Crippen molar-refractivity contribution in [2.75, 3.05) is 13.1 Å². The van der Waals surface area contributed by atoms with Gasteiger partial charge in [0.2, 0.25) is 0 Å². The van der Waals surface area contributed by atoms with Crippen LogP contribution < -0.4 is 10.6 Å². The summed E-state index contributed by atoms with van der Waals surface area (Å²) in [6.07, 6.45) is 1.55. The minimum atomic E-state index is -0.773. The maximum Gasteiger partial charge on any atom is 0.314 e. The molecule has 3 N–H and O–H groups in total. The van der Waals surface area contributed by atoms with Crippen LogP contribution >= 0.6 is 0 Å².